The standard InChI is InChI=1S/C25H32N2O5/c1-25(2,3)32-24(31)27-20(14-18-10-6-4-7-11-18)16-22(28)26-21(17-23(29)30)15-19-12-8-5-9-13-19/h4-13,20-21H,14-17H2,1-3H3,(H,26,28)(H,27,31)(H,29,30)/t20-,21-/m1/s1. The molecule has 2 rings (SSSR count). The third-order valence-corrected chi connectivity index (χ3v) is 4.59. The lowest BCUT2D eigenvalue weighted by atomic mass is 10.0. The summed E-state index contributed by atoms with van der Waals surface area (Å²) in [6, 6.07) is 17.9. The summed E-state index contributed by atoms with van der Waals surface area (Å²) >= 11 is 0. The van der Waals surface area contributed by atoms with Crippen molar-refractivity contribution >= 4 is 18.0 Å². The number of amides is 2. The molecule has 172 valence electrons. The van der Waals surface area contributed by atoms with Gasteiger partial charge in [-0.15, -0.1) is 0 Å². The fourth-order valence-corrected chi connectivity index (χ4v) is 3.34. The summed E-state index contributed by atoms with van der Waals surface area (Å²) in [7, 11) is 0. The number of carboxylic acid groups (broad SMARTS) is 1. The Bertz CT molecular complexity index is 878. The van der Waals surface area contributed by atoms with Crippen LogP contribution in [0.15, 0.2) is 60.7 Å². The molecule has 2 aromatic carbocycles. The van der Waals surface area contributed by atoms with Gasteiger partial charge in [0.2, 0.25) is 5.91 Å². The lowest BCUT2D eigenvalue weighted by Gasteiger charge is -2.24. The van der Waals surface area contributed by atoms with Crippen LogP contribution < -0.4 is 10.6 Å². The molecular weight excluding hydrogens is 408 g/mol. The minimum absolute atomic E-state index is 0.000947. The summed E-state index contributed by atoms with van der Waals surface area (Å²) in [6.45, 7) is 5.31. The third-order valence-electron chi connectivity index (χ3n) is 4.59. The molecule has 0 heterocycles. The van der Waals surface area contributed by atoms with E-state index in [-0.39, 0.29) is 18.7 Å². The quantitative estimate of drug-likeness (QED) is 0.522. The molecule has 0 bridgehead atoms. The number of carbonyl (C=O) groups is 3. The van der Waals surface area contributed by atoms with Gasteiger partial charge in [0.15, 0.2) is 0 Å². The number of nitrogens with one attached hydrogen (secondary N) is 2. The van der Waals surface area contributed by atoms with Gasteiger partial charge in [0.25, 0.3) is 0 Å². The summed E-state index contributed by atoms with van der Waals surface area (Å²) in [5.41, 5.74) is 1.24. The van der Waals surface area contributed by atoms with E-state index in [1.165, 1.54) is 0 Å². The van der Waals surface area contributed by atoms with Crippen LogP contribution in [0.5, 0.6) is 0 Å². The Kier molecular flexibility index (Phi) is 9.25. The fourth-order valence-electron chi connectivity index (χ4n) is 3.34. The van der Waals surface area contributed by atoms with Crippen molar-refractivity contribution < 1.29 is 24.2 Å². The molecule has 32 heavy (non-hydrogen) atoms. The Morgan fingerprint density at radius 2 is 1.28 bits per heavy atom. The maximum atomic E-state index is 12.8. The van der Waals surface area contributed by atoms with E-state index in [2.05, 4.69) is 10.6 Å². The van der Waals surface area contributed by atoms with E-state index < -0.39 is 29.7 Å². The second-order valence-corrected chi connectivity index (χ2v) is 8.79. The fraction of sp³-hybridized carbons (Fsp3) is 0.400. The molecule has 0 aromatic heterocycles. The van der Waals surface area contributed by atoms with E-state index in [0.29, 0.717) is 12.8 Å². The number of rotatable bonds is 10. The molecule has 3 N–H and O–H groups in total. The highest BCUT2D eigenvalue weighted by Gasteiger charge is 2.23. The van der Waals surface area contributed by atoms with Gasteiger partial charge in [-0.05, 0) is 44.7 Å². The second-order valence-electron chi connectivity index (χ2n) is 8.79. The molecule has 0 aliphatic rings. The first-order chi connectivity index (χ1) is 15.1. The molecule has 2 atom stereocenters. The summed E-state index contributed by atoms with van der Waals surface area (Å²) in [5.74, 6) is -1.32. The minimum atomic E-state index is -0.987. The average Bonchev–Trinajstić information content (AvgIpc) is 2.67. The zero-order valence-corrected chi connectivity index (χ0v) is 18.8. The van der Waals surface area contributed by atoms with E-state index in [9.17, 15) is 19.5 Å². The number of carbonyl (C=O) groups excluding carboxylic acids is 2. The van der Waals surface area contributed by atoms with Crippen molar-refractivity contribution in [3.63, 3.8) is 0 Å². The zero-order valence-electron chi connectivity index (χ0n) is 18.8. The van der Waals surface area contributed by atoms with Crippen molar-refractivity contribution in [2.24, 2.45) is 0 Å². The molecule has 2 aromatic rings. The molecule has 0 aliphatic carbocycles. The van der Waals surface area contributed by atoms with Crippen molar-refractivity contribution in [1.29, 1.82) is 0 Å². The molecule has 0 radical (unpaired) electrons. The van der Waals surface area contributed by atoms with Gasteiger partial charge in [0.05, 0.1) is 6.42 Å². The predicted molar refractivity (Wildman–Crippen MR) is 122 cm³/mol. The zero-order chi connectivity index (χ0) is 23.6. The average molecular weight is 441 g/mol. The Morgan fingerprint density at radius 1 is 0.812 bits per heavy atom. The van der Waals surface area contributed by atoms with E-state index in [0.717, 1.165) is 11.1 Å². The molecule has 0 aliphatic heterocycles. The van der Waals surface area contributed by atoms with Crippen molar-refractivity contribution in [3.05, 3.63) is 71.8 Å². The summed E-state index contributed by atoms with van der Waals surface area (Å²) in [6.07, 6.45) is 0.0534. The first kappa shape index (κ1) is 24.9. The maximum Gasteiger partial charge on any atom is 0.407 e. The Labute approximate surface area is 189 Å². The van der Waals surface area contributed by atoms with Crippen LogP contribution in [0.4, 0.5) is 4.79 Å². The first-order valence-corrected chi connectivity index (χ1v) is 10.7. The number of hydrogen-bond donors (Lipinski definition) is 3. The highest BCUT2D eigenvalue weighted by molar-refractivity contribution is 5.79. The van der Waals surface area contributed by atoms with Crippen molar-refractivity contribution in [3.8, 4) is 0 Å². The molecule has 0 unspecified atom stereocenters. The monoisotopic (exact) mass is 440 g/mol. The number of ether oxygens (including phenoxy) is 1. The van der Waals surface area contributed by atoms with Crippen LogP contribution >= 0.6 is 0 Å². The van der Waals surface area contributed by atoms with Crippen LogP contribution in [0, 0.1) is 0 Å². The predicted octanol–water partition coefficient (Wildman–Crippen LogP) is 3.71. The maximum absolute atomic E-state index is 12.8. The minimum Gasteiger partial charge on any atom is -0.481 e. The van der Waals surface area contributed by atoms with Gasteiger partial charge in [-0.2, -0.15) is 0 Å². The molecule has 2 amide bonds. The van der Waals surface area contributed by atoms with Crippen LogP contribution in [0.3, 0.4) is 0 Å². The summed E-state index contributed by atoms with van der Waals surface area (Å²) in [4.78, 5) is 36.4. The molecule has 0 spiro atoms. The van der Waals surface area contributed by atoms with E-state index in [1.807, 2.05) is 60.7 Å². The largest absolute Gasteiger partial charge is 0.481 e. The topological polar surface area (TPSA) is 105 Å². The van der Waals surface area contributed by atoms with Gasteiger partial charge in [0, 0.05) is 18.5 Å². The van der Waals surface area contributed by atoms with Gasteiger partial charge in [-0.1, -0.05) is 60.7 Å². The SMILES string of the molecule is CC(C)(C)OC(=O)N[C@@H](CC(=O)N[C@@H](CC(=O)O)Cc1ccccc1)Cc1ccccc1. The molecule has 7 heteroatoms. The number of hydrogen-bond acceptors (Lipinski definition) is 4. The lowest BCUT2D eigenvalue weighted by molar-refractivity contribution is -0.137. The highest BCUT2D eigenvalue weighted by Crippen LogP contribution is 2.11. The van der Waals surface area contributed by atoms with Crippen molar-refractivity contribution in [2.75, 3.05) is 0 Å². The van der Waals surface area contributed by atoms with Gasteiger partial charge in [-0.3, -0.25) is 9.59 Å². The number of benzene rings is 2. The summed E-state index contributed by atoms with van der Waals surface area (Å²) in [5, 5.41) is 14.9. The van der Waals surface area contributed by atoms with Crippen molar-refractivity contribution in [1.82, 2.24) is 10.6 Å². The Morgan fingerprint density at radius 3 is 1.72 bits per heavy atom. The Hall–Kier alpha value is -3.35. The first-order valence-electron chi connectivity index (χ1n) is 10.7. The number of carboxylic acids is 1. The summed E-state index contributed by atoms with van der Waals surface area (Å²) < 4.78 is 5.34. The molecular formula is C25H32N2O5. The van der Waals surface area contributed by atoms with Gasteiger partial charge in [0.1, 0.15) is 5.60 Å². The molecule has 0 saturated carbocycles. The van der Waals surface area contributed by atoms with Crippen LogP contribution in [0.2, 0.25) is 0 Å². The highest BCUT2D eigenvalue weighted by atomic mass is 16.6. The van der Waals surface area contributed by atoms with Crippen molar-refractivity contribution in [2.45, 2.75) is 64.1 Å². The number of aliphatic carboxylic acids is 1. The lowest BCUT2D eigenvalue weighted by Crippen LogP contribution is -2.45. The third kappa shape index (κ3) is 10.1. The van der Waals surface area contributed by atoms with E-state index >= 15 is 0 Å². The van der Waals surface area contributed by atoms with E-state index in [4.69, 9.17) is 4.74 Å². The smallest absolute Gasteiger partial charge is 0.407 e. The van der Waals surface area contributed by atoms with Crippen LogP contribution in [-0.4, -0.2) is 40.8 Å². The van der Waals surface area contributed by atoms with Gasteiger partial charge < -0.3 is 20.5 Å². The Balaban J connectivity index is 2.06. The van der Waals surface area contributed by atoms with Gasteiger partial charge >= 0.3 is 12.1 Å². The van der Waals surface area contributed by atoms with Crippen LogP contribution in [0.1, 0.15) is 44.7 Å². The van der Waals surface area contributed by atoms with Gasteiger partial charge in [-0.25, -0.2) is 4.79 Å². The molecule has 0 fully saturated rings. The number of alkyl carbamates (subject to hydrolysis) is 1. The van der Waals surface area contributed by atoms with Crippen LogP contribution in [0.25, 0.3) is 0 Å². The normalized spacial score (nSPS) is 13.0. The van der Waals surface area contributed by atoms with E-state index in [1.54, 1.807) is 20.8 Å². The van der Waals surface area contributed by atoms with Crippen LogP contribution in [-0.2, 0) is 27.2 Å². The molecule has 0 saturated heterocycles. The molecule has 7 nitrogen and oxygen atoms in total. The second kappa shape index (κ2) is 11.9.